The van der Waals surface area contributed by atoms with Gasteiger partial charge in [-0.25, -0.2) is 0 Å². The lowest BCUT2D eigenvalue weighted by molar-refractivity contribution is 0.0934. The number of nitrogens with one attached hydrogen (secondary N) is 1. The molecule has 20 heavy (non-hydrogen) atoms. The van der Waals surface area contributed by atoms with Crippen LogP contribution in [0, 0.1) is 5.41 Å². The summed E-state index contributed by atoms with van der Waals surface area (Å²) >= 11 is 0. The first-order valence-electron chi connectivity index (χ1n) is 7.31. The lowest BCUT2D eigenvalue weighted by Crippen LogP contribution is -2.32. The van der Waals surface area contributed by atoms with Crippen molar-refractivity contribution in [2.45, 2.75) is 39.7 Å². The molecule has 1 fully saturated rings. The average Bonchev–Trinajstić information content (AvgIpc) is 2.81. The molecule has 1 aromatic rings. The fourth-order valence-corrected chi connectivity index (χ4v) is 2.55. The third kappa shape index (κ3) is 3.79. The zero-order chi connectivity index (χ0) is 14.8. The van der Waals surface area contributed by atoms with Crippen LogP contribution in [0.3, 0.4) is 0 Å². The van der Waals surface area contributed by atoms with Gasteiger partial charge in [0, 0.05) is 18.8 Å². The van der Waals surface area contributed by atoms with Crippen molar-refractivity contribution < 1.29 is 4.79 Å². The van der Waals surface area contributed by atoms with E-state index < -0.39 is 0 Å². The second kappa shape index (κ2) is 5.92. The summed E-state index contributed by atoms with van der Waals surface area (Å²) in [6.07, 6.45) is 4.12. The summed E-state index contributed by atoms with van der Waals surface area (Å²) in [5, 5.41) is 2.95. The summed E-state index contributed by atoms with van der Waals surface area (Å²) in [5.41, 5.74) is 1.80. The molecule has 110 valence electrons. The van der Waals surface area contributed by atoms with Crippen molar-refractivity contribution in [1.29, 1.82) is 0 Å². The first-order chi connectivity index (χ1) is 9.37. The van der Waals surface area contributed by atoms with E-state index in [4.69, 9.17) is 0 Å². The number of hydrogen-bond donors (Lipinski definition) is 1. The van der Waals surface area contributed by atoms with Gasteiger partial charge in [-0.15, -0.1) is 0 Å². The Kier molecular flexibility index (Phi) is 4.43. The van der Waals surface area contributed by atoms with Crippen LogP contribution in [0.2, 0.25) is 0 Å². The fourth-order valence-electron chi connectivity index (χ4n) is 2.55. The molecule has 1 aliphatic rings. The molecule has 1 N–H and O–H groups in total. The van der Waals surface area contributed by atoms with E-state index in [9.17, 15) is 4.79 Å². The van der Waals surface area contributed by atoms with Gasteiger partial charge < -0.3 is 5.32 Å². The molecule has 0 spiro atoms. The predicted molar refractivity (Wildman–Crippen MR) is 80.6 cm³/mol. The molecule has 0 saturated carbocycles. The molecular formula is C16H25N3O. The topological polar surface area (TPSA) is 45.2 Å². The molecule has 0 bridgehead atoms. The Hall–Kier alpha value is -1.42. The van der Waals surface area contributed by atoms with E-state index in [1.807, 2.05) is 12.1 Å². The highest BCUT2D eigenvalue weighted by atomic mass is 16.1. The lowest BCUT2D eigenvalue weighted by Gasteiger charge is -2.21. The average molecular weight is 275 g/mol. The quantitative estimate of drug-likeness (QED) is 0.922. The summed E-state index contributed by atoms with van der Waals surface area (Å²) in [6.45, 7) is 8.08. The SMILES string of the molecule is CN1CCC[C@@H]1c1ccnc(C(=O)NCC(C)(C)C)c1. The summed E-state index contributed by atoms with van der Waals surface area (Å²) in [4.78, 5) is 18.7. The van der Waals surface area contributed by atoms with Gasteiger partial charge in [-0.05, 0) is 49.5 Å². The third-order valence-electron chi connectivity index (χ3n) is 3.70. The minimum atomic E-state index is -0.0811. The molecule has 1 aromatic heterocycles. The zero-order valence-electron chi connectivity index (χ0n) is 12.9. The Morgan fingerprint density at radius 2 is 2.25 bits per heavy atom. The maximum Gasteiger partial charge on any atom is 0.269 e. The van der Waals surface area contributed by atoms with E-state index in [-0.39, 0.29) is 11.3 Å². The minimum absolute atomic E-state index is 0.0811. The fraction of sp³-hybridized carbons (Fsp3) is 0.625. The number of rotatable bonds is 3. The van der Waals surface area contributed by atoms with Crippen molar-refractivity contribution in [3.63, 3.8) is 0 Å². The molecule has 1 atom stereocenters. The van der Waals surface area contributed by atoms with Crippen molar-refractivity contribution in [1.82, 2.24) is 15.2 Å². The highest BCUT2D eigenvalue weighted by Crippen LogP contribution is 2.30. The number of pyridine rings is 1. The van der Waals surface area contributed by atoms with Gasteiger partial charge >= 0.3 is 0 Å². The molecule has 4 heteroatoms. The molecule has 2 heterocycles. The Morgan fingerprint density at radius 1 is 1.50 bits per heavy atom. The molecule has 4 nitrogen and oxygen atoms in total. The van der Waals surface area contributed by atoms with Crippen LogP contribution in [0.4, 0.5) is 0 Å². The highest BCUT2D eigenvalue weighted by Gasteiger charge is 2.23. The van der Waals surface area contributed by atoms with Gasteiger partial charge in [0.2, 0.25) is 0 Å². The minimum Gasteiger partial charge on any atom is -0.350 e. The van der Waals surface area contributed by atoms with Crippen molar-refractivity contribution >= 4 is 5.91 Å². The second-order valence-electron chi connectivity index (χ2n) is 6.86. The monoisotopic (exact) mass is 275 g/mol. The van der Waals surface area contributed by atoms with Gasteiger partial charge in [0.05, 0.1) is 0 Å². The molecule has 1 saturated heterocycles. The first-order valence-corrected chi connectivity index (χ1v) is 7.31. The number of hydrogen-bond acceptors (Lipinski definition) is 3. The molecule has 1 amide bonds. The van der Waals surface area contributed by atoms with Crippen molar-refractivity contribution in [2.75, 3.05) is 20.1 Å². The second-order valence-corrected chi connectivity index (χ2v) is 6.86. The van der Waals surface area contributed by atoms with Gasteiger partial charge in [0.15, 0.2) is 0 Å². The van der Waals surface area contributed by atoms with Crippen LogP contribution in [0.15, 0.2) is 18.3 Å². The van der Waals surface area contributed by atoms with Crippen LogP contribution in [0.1, 0.15) is 55.7 Å². The molecule has 0 radical (unpaired) electrons. The van der Waals surface area contributed by atoms with Crippen LogP contribution in [-0.4, -0.2) is 35.9 Å². The van der Waals surface area contributed by atoms with E-state index >= 15 is 0 Å². The van der Waals surface area contributed by atoms with E-state index in [0.717, 1.165) is 13.0 Å². The van der Waals surface area contributed by atoms with Gasteiger partial charge in [-0.3, -0.25) is 14.7 Å². The number of aromatic nitrogens is 1. The molecular weight excluding hydrogens is 250 g/mol. The molecule has 0 aliphatic carbocycles. The van der Waals surface area contributed by atoms with E-state index in [1.165, 1.54) is 12.0 Å². The number of nitrogens with zero attached hydrogens (tertiary/aromatic N) is 2. The van der Waals surface area contributed by atoms with Gasteiger partial charge in [-0.2, -0.15) is 0 Å². The molecule has 0 aromatic carbocycles. The van der Waals surface area contributed by atoms with Crippen LogP contribution >= 0.6 is 0 Å². The number of carbonyl (C=O) groups excluding carboxylic acids is 1. The normalized spacial score (nSPS) is 20.1. The van der Waals surface area contributed by atoms with Crippen molar-refractivity contribution in [2.24, 2.45) is 5.41 Å². The van der Waals surface area contributed by atoms with Crippen molar-refractivity contribution in [3.05, 3.63) is 29.6 Å². The van der Waals surface area contributed by atoms with Gasteiger partial charge in [0.25, 0.3) is 5.91 Å². The summed E-state index contributed by atoms with van der Waals surface area (Å²) in [5.74, 6) is -0.0811. The third-order valence-corrected chi connectivity index (χ3v) is 3.70. The van der Waals surface area contributed by atoms with E-state index in [1.54, 1.807) is 6.20 Å². The van der Waals surface area contributed by atoms with E-state index in [0.29, 0.717) is 18.3 Å². The molecule has 0 unspecified atom stereocenters. The first kappa shape index (κ1) is 15.0. The maximum absolute atomic E-state index is 12.2. The van der Waals surface area contributed by atoms with Gasteiger partial charge in [0.1, 0.15) is 5.69 Å². The molecule has 1 aliphatic heterocycles. The van der Waals surface area contributed by atoms with Crippen LogP contribution in [-0.2, 0) is 0 Å². The largest absolute Gasteiger partial charge is 0.350 e. The van der Waals surface area contributed by atoms with E-state index in [2.05, 4.69) is 43.0 Å². The Bertz CT molecular complexity index is 479. The number of carbonyl (C=O) groups is 1. The van der Waals surface area contributed by atoms with Crippen molar-refractivity contribution in [3.8, 4) is 0 Å². The Balaban J connectivity index is 2.07. The summed E-state index contributed by atoms with van der Waals surface area (Å²) in [7, 11) is 2.14. The lowest BCUT2D eigenvalue weighted by atomic mass is 9.97. The Labute approximate surface area is 121 Å². The maximum atomic E-state index is 12.2. The molecule has 2 rings (SSSR count). The number of likely N-dealkylation sites (tertiary alicyclic amines) is 1. The standard InChI is InChI=1S/C16H25N3O/c1-16(2,3)11-18-15(20)13-10-12(7-8-17-13)14-6-5-9-19(14)4/h7-8,10,14H,5-6,9,11H2,1-4H3,(H,18,20)/t14-/m1/s1. The zero-order valence-corrected chi connectivity index (χ0v) is 12.9. The van der Waals surface area contributed by atoms with Gasteiger partial charge in [-0.1, -0.05) is 20.8 Å². The van der Waals surface area contributed by atoms with Crippen LogP contribution in [0.5, 0.6) is 0 Å². The summed E-state index contributed by atoms with van der Waals surface area (Å²) < 4.78 is 0. The Morgan fingerprint density at radius 3 is 2.85 bits per heavy atom. The summed E-state index contributed by atoms with van der Waals surface area (Å²) in [6, 6.07) is 4.38. The van der Waals surface area contributed by atoms with Crippen LogP contribution < -0.4 is 5.32 Å². The number of amides is 1. The highest BCUT2D eigenvalue weighted by molar-refractivity contribution is 5.92. The predicted octanol–water partition coefficient (Wildman–Crippen LogP) is 2.62. The van der Waals surface area contributed by atoms with Crippen LogP contribution in [0.25, 0.3) is 0 Å². The smallest absolute Gasteiger partial charge is 0.269 e.